The van der Waals surface area contributed by atoms with Gasteiger partial charge in [0.05, 0.1) is 24.4 Å². The number of hydrogen-bond acceptors (Lipinski definition) is 6. The number of halogens is 3. The van der Waals surface area contributed by atoms with E-state index in [4.69, 9.17) is 14.2 Å². The van der Waals surface area contributed by atoms with Crippen LogP contribution in [0.25, 0.3) is 11.4 Å². The molecule has 0 spiro atoms. The van der Waals surface area contributed by atoms with Crippen LogP contribution in [0.1, 0.15) is 11.9 Å². The molecule has 1 atom stereocenters. The van der Waals surface area contributed by atoms with Crippen molar-refractivity contribution in [2.24, 2.45) is 0 Å². The standard InChI is InChI=1S/C14H15F3N4O3/c1-8-19-20-13-10-3-18-4-11(24-7-14(15,16)17)12(10)23-6-9(5-22-2)21(8)13/h3-4,9H,5-7H2,1-2H3/t9-/m0/s1. The Morgan fingerprint density at radius 2 is 2.12 bits per heavy atom. The molecule has 0 bridgehead atoms. The van der Waals surface area contributed by atoms with Crippen LogP contribution < -0.4 is 9.47 Å². The summed E-state index contributed by atoms with van der Waals surface area (Å²) in [6.07, 6.45) is -1.80. The molecule has 0 N–H and O–H groups in total. The van der Waals surface area contributed by atoms with E-state index in [1.807, 2.05) is 4.57 Å². The van der Waals surface area contributed by atoms with E-state index in [2.05, 4.69) is 15.2 Å². The second-order valence-corrected chi connectivity index (χ2v) is 5.28. The van der Waals surface area contributed by atoms with Gasteiger partial charge in [-0.25, -0.2) is 0 Å². The fourth-order valence-electron chi connectivity index (χ4n) is 2.56. The van der Waals surface area contributed by atoms with Crippen molar-refractivity contribution in [1.29, 1.82) is 0 Å². The molecule has 10 heteroatoms. The van der Waals surface area contributed by atoms with Crippen molar-refractivity contribution in [2.75, 3.05) is 26.9 Å². The molecule has 1 aliphatic heterocycles. The number of ether oxygens (including phenoxy) is 3. The van der Waals surface area contributed by atoms with E-state index in [9.17, 15) is 13.2 Å². The van der Waals surface area contributed by atoms with Crippen LogP contribution >= 0.6 is 0 Å². The maximum Gasteiger partial charge on any atom is 0.422 e. The van der Waals surface area contributed by atoms with Crippen LogP contribution in [-0.2, 0) is 4.74 Å². The number of hydrogen-bond donors (Lipinski definition) is 0. The SMILES string of the molecule is COC[C@H]1COc2c(OCC(F)(F)F)cncc2-c2nnc(C)n21. The highest BCUT2D eigenvalue weighted by Crippen LogP contribution is 2.40. The second kappa shape index (κ2) is 6.27. The van der Waals surface area contributed by atoms with Crippen molar-refractivity contribution in [3.05, 3.63) is 18.2 Å². The first-order valence-electron chi connectivity index (χ1n) is 7.12. The van der Waals surface area contributed by atoms with Gasteiger partial charge >= 0.3 is 6.18 Å². The number of fused-ring (bicyclic) bond motifs is 3. The van der Waals surface area contributed by atoms with Crippen molar-refractivity contribution < 1.29 is 27.4 Å². The van der Waals surface area contributed by atoms with E-state index in [-0.39, 0.29) is 24.1 Å². The minimum Gasteiger partial charge on any atom is -0.487 e. The summed E-state index contributed by atoms with van der Waals surface area (Å²) in [5, 5.41) is 8.14. The predicted molar refractivity (Wildman–Crippen MR) is 75.9 cm³/mol. The molecule has 3 heterocycles. The average molecular weight is 344 g/mol. The average Bonchev–Trinajstić information content (AvgIpc) is 2.82. The van der Waals surface area contributed by atoms with Crippen molar-refractivity contribution in [3.8, 4) is 22.9 Å². The van der Waals surface area contributed by atoms with E-state index in [1.165, 1.54) is 12.4 Å². The Kier molecular flexibility index (Phi) is 4.31. The van der Waals surface area contributed by atoms with E-state index in [0.29, 0.717) is 23.8 Å². The minimum absolute atomic E-state index is 0.0879. The normalized spacial score (nSPS) is 16.8. The molecule has 0 saturated carbocycles. The van der Waals surface area contributed by atoms with E-state index in [0.717, 1.165) is 0 Å². The number of methoxy groups -OCH3 is 1. The van der Waals surface area contributed by atoms with Crippen LogP contribution in [0.3, 0.4) is 0 Å². The molecule has 0 aliphatic carbocycles. The third kappa shape index (κ3) is 3.14. The third-order valence-electron chi connectivity index (χ3n) is 3.51. The Hall–Kier alpha value is -2.36. The van der Waals surface area contributed by atoms with Crippen LogP contribution in [0.5, 0.6) is 11.5 Å². The molecule has 0 saturated heterocycles. The van der Waals surface area contributed by atoms with Crippen LogP contribution in [-0.4, -0.2) is 52.9 Å². The lowest BCUT2D eigenvalue weighted by atomic mass is 10.2. The first kappa shape index (κ1) is 16.5. The number of rotatable bonds is 4. The van der Waals surface area contributed by atoms with Gasteiger partial charge in [0.2, 0.25) is 0 Å². The number of alkyl halides is 3. The Morgan fingerprint density at radius 3 is 2.83 bits per heavy atom. The molecule has 7 nitrogen and oxygen atoms in total. The minimum atomic E-state index is -4.46. The summed E-state index contributed by atoms with van der Waals surface area (Å²) in [6.45, 7) is 0.869. The van der Waals surface area contributed by atoms with E-state index >= 15 is 0 Å². The summed E-state index contributed by atoms with van der Waals surface area (Å²) in [4.78, 5) is 3.93. The zero-order chi connectivity index (χ0) is 17.3. The smallest absolute Gasteiger partial charge is 0.422 e. The Balaban J connectivity index is 2.02. The monoisotopic (exact) mass is 344 g/mol. The first-order valence-corrected chi connectivity index (χ1v) is 7.12. The third-order valence-corrected chi connectivity index (χ3v) is 3.51. The molecule has 2 aromatic heterocycles. The maximum atomic E-state index is 12.4. The predicted octanol–water partition coefficient (Wildman–Crippen LogP) is 2.17. The highest BCUT2D eigenvalue weighted by molar-refractivity contribution is 5.68. The fraction of sp³-hybridized carbons (Fsp3) is 0.500. The number of aryl methyl sites for hydroxylation is 1. The van der Waals surface area contributed by atoms with Gasteiger partial charge in [-0.3, -0.25) is 4.98 Å². The van der Waals surface area contributed by atoms with Gasteiger partial charge in [0.15, 0.2) is 23.9 Å². The zero-order valence-electron chi connectivity index (χ0n) is 13.0. The lowest BCUT2D eigenvalue weighted by Gasteiger charge is -2.17. The molecular weight excluding hydrogens is 329 g/mol. The summed E-state index contributed by atoms with van der Waals surface area (Å²) < 4.78 is 54.8. The Bertz CT molecular complexity index is 733. The van der Waals surface area contributed by atoms with Crippen molar-refractivity contribution >= 4 is 0 Å². The van der Waals surface area contributed by atoms with Gasteiger partial charge in [-0.05, 0) is 6.92 Å². The molecule has 2 aromatic rings. The Labute approximate surface area is 135 Å². The lowest BCUT2D eigenvalue weighted by Crippen LogP contribution is -2.22. The number of pyridine rings is 1. The molecule has 0 fully saturated rings. The molecule has 0 radical (unpaired) electrons. The lowest BCUT2D eigenvalue weighted by molar-refractivity contribution is -0.153. The molecule has 1 aliphatic rings. The van der Waals surface area contributed by atoms with Crippen molar-refractivity contribution in [1.82, 2.24) is 19.7 Å². The first-order chi connectivity index (χ1) is 11.4. The van der Waals surface area contributed by atoms with Crippen molar-refractivity contribution in [2.45, 2.75) is 19.1 Å². The van der Waals surface area contributed by atoms with Gasteiger partial charge in [0.1, 0.15) is 12.4 Å². The zero-order valence-corrected chi connectivity index (χ0v) is 13.0. The van der Waals surface area contributed by atoms with E-state index < -0.39 is 12.8 Å². The topological polar surface area (TPSA) is 71.3 Å². The van der Waals surface area contributed by atoms with Gasteiger partial charge in [-0.2, -0.15) is 13.2 Å². The molecule has 24 heavy (non-hydrogen) atoms. The van der Waals surface area contributed by atoms with Gasteiger partial charge in [0, 0.05) is 13.3 Å². The molecular formula is C14H15F3N4O3. The highest BCUT2D eigenvalue weighted by Gasteiger charge is 2.32. The highest BCUT2D eigenvalue weighted by atomic mass is 19.4. The van der Waals surface area contributed by atoms with Crippen molar-refractivity contribution in [3.63, 3.8) is 0 Å². The number of aromatic nitrogens is 4. The van der Waals surface area contributed by atoms with Crippen LogP contribution in [0, 0.1) is 6.92 Å². The molecule has 3 rings (SSSR count). The molecule has 0 amide bonds. The molecule has 130 valence electrons. The van der Waals surface area contributed by atoms with E-state index in [1.54, 1.807) is 14.0 Å². The maximum absolute atomic E-state index is 12.4. The second-order valence-electron chi connectivity index (χ2n) is 5.28. The molecule has 0 unspecified atom stereocenters. The fourth-order valence-corrected chi connectivity index (χ4v) is 2.56. The summed E-state index contributed by atoms with van der Waals surface area (Å²) in [5.41, 5.74) is 0.425. The van der Waals surface area contributed by atoms with Crippen LogP contribution in [0.15, 0.2) is 12.4 Å². The summed E-state index contributed by atoms with van der Waals surface area (Å²) in [7, 11) is 1.55. The van der Waals surface area contributed by atoms with Crippen LogP contribution in [0.2, 0.25) is 0 Å². The summed E-state index contributed by atoms with van der Waals surface area (Å²) in [5.74, 6) is 1.17. The largest absolute Gasteiger partial charge is 0.487 e. The van der Waals surface area contributed by atoms with Gasteiger partial charge < -0.3 is 18.8 Å². The quantitative estimate of drug-likeness (QED) is 0.847. The van der Waals surface area contributed by atoms with Gasteiger partial charge in [0.25, 0.3) is 0 Å². The van der Waals surface area contributed by atoms with Gasteiger partial charge in [-0.1, -0.05) is 0 Å². The summed E-state index contributed by atoms with van der Waals surface area (Å²) >= 11 is 0. The number of nitrogens with zero attached hydrogens (tertiary/aromatic N) is 4. The van der Waals surface area contributed by atoms with Crippen LogP contribution in [0.4, 0.5) is 13.2 Å². The Morgan fingerprint density at radius 1 is 1.33 bits per heavy atom. The summed E-state index contributed by atoms with van der Waals surface area (Å²) in [6, 6.07) is -0.220. The molecule has 0 aromatic carbocycles. The van der Waals surface area contributed by atoms with Gasteiger partial charge in [-0.15, -0.1) is 10.2 Å².